The molecule has 0 bridgehead atoms. The van der Waals surface area contributed by atoms with Crippen LogP contribution in [0.15, 0.2) is 66.9 Å². The fourth-order valence-corrected chi connectivity index (χ4v) is 2.53. The van der Waals surface area contributed by atoms with Gasteiger partial charge in [0.2, 0.25) is 0 Å². The first-order valence-corrected chi connectivity index (χ1v) is 8.41. The maximum Gasteiger partial charge on any atom is 0.255 e. The maximum atomic E-state index is 12.2. The Kier molecular flexibility index (Phi) is 5.71. The number of nitrogens with one attached hydrogen (secondary N) is 2. The summed E-state index contributed by atoms with van der Waals surface area (Å²) in [5.41, 5.74) is 2.23. The minimum atomic E-state index is -0.228. The molecular formula is C20H18ClN3O2. The van der Waals surface area contributed by atoms with Gasteiger partial charge in [-0.3, -0.25) is 4.79 Å². The molecule has 6 heteroatoms. The van der Waals surface area contributed by atoms with Gasteiger partial charge in [-0.1, -0.05) is 29.8 Å². The molecule has 26 heavy (non-hydrogen) atoms. The smallest absolute Gasteiger partial charge is 0.255 e. The molecule has 1 aromatic heterocycles. The van der Waals surface area contributed by atoms with E-state index in [-0.39, 0.29) is 5.91 Å². The van der Waals surface area contributed by atoms with E-state index in [0.717, 1.165) is 17.1 Å². The first-order valence-electron chi connectivity index (χ1n) is 8.04. The highest BCUT2D eigenvalue weighted by molar-refractivity contribution is 6.31. The number of rotatable bonds is 6. The van der Waals surface area contributed by atoms with Crippen LogP contribution in [0.4, 0.5) is 11.5 Å². The zero-order chi connectivity index (χ0) is 18.4. The molecule has 132 valence electrons. The number of ether oxygens (including phenoxy) is 1. The van der Waals surface area contributed by atoms with Gasteiger partial charge in [-0.15, -0.1) is 0 Å². The van der Waals surface area contributed by atoms with Crippen molar-refractivity contribution in [3.63, 3.8) is 0 Å². The Morgan fingerprint density at radius 2 is 1.92 bits per heavy atom. The van der Waals surface area contributed by atoms with Crippen LogP contribution in [0.3, 0.4) is 0 Å². The van der Waals surface area contributed by atoms with Gasteiger partial charge in [-0.2, -0.15) is 0 Å². The van der Waals surface area contributed by atoms with Crippen molar-refractivity contribution in [2.45, 2.75) is 6.54 Å². The highest BCUT2D eigenvalue weighted by atomic mass is 35.5. The molecule has 2 aromatic carbocycles. The molecule has 3 rings (SSSR count). The quantitative estimate of drug-likeness (QED) is 0.668. The number of halogens is 1. The summed E-state index contributed by atoms with van der Waals surface area (Å²) in [5.74, 6) is 1.32. The van der Waals surface area contributed by atoms with Crippen LogP contribution in [0.5, 0.6) is 5.75 Å². The predicted molar refractivity (Wildman–Crippen MR) is 104 cm³/mol. The van der Waals surface area contributed by atoms with Crippen molar-refractivity contribution in [1.29, 1.82) is 0 Å². The van der Waals surface area contributed by atoms with E-state index in [1.807, 2.05) is 30.3 Å². The van der Waals surface area contributed by atoms with Gasteiger partial charge in [0.1, 0.15) is 11.6 Å². The zero-order valence-corrected chi connectivity index (χ0v) is 15.0. The van der Waals surface area contributed by atoms with Crippen molar-refractivity contribution in [2.24, 2.45) is 0 Å². The van der Waals surface area contributed by atoms with Crippen LogP contribution in [-0.4, -0.2) is 18.0 Å². The topological polar surface area (TPSA) is 63.2 Å². The Balaban J connectivity index is 1.56. The Morgan fingerprint density at radius 1 is 1.12 bits per heavy atom. The number of nitrogens with zero attached hydrogens (tertiary/aromatic N) is 1. The lowest BCUT2D eigenvalue weighted by Crippen LogP contribution is -2.12. The third-order valence-corrected chi connectivity index (χ3v) is 3.98. The molecule has 0 aliphatic rings. The number of benzene rings is 2. The molecule has 0 atom stereocenters. The number of methoxy groups -OCH3 is 1. The van der Waals surface area contributed by atoms with Crippen molar-refractivity contribution in [3.8, 4) is 5.75 Å². The van der Waals surface area contributed by atoms with Crippen LogP contribution in [0.2, 0.25) is 5.02 Å². The predicted octanol–water partition coefficient (Wildman–Crippen LogP) is 4.61. The van der Waals surface area contributed by atoms with Gasteiger partial charge in [0.05, 0.1) is 19.0 Å². The molecule has 0 saturated heterocycles. The van der Waals surface area contributed by atoms with Crippen LogP contribution < -0.4 is 15.4 Å². The van der Waals surface area contributed by atoms with E-state index < -0.39 is 0 Å². The summed E-state index contributed by atoms with van der Waals surface area (Å²) in [5, 5.41) is 6.56. The van der Waals surface area contributed by atoms with Gasteiger partial charge in [-0.05, 0) is 48.0 Å². The first-order chi connectivity index (χ1) is 12.6. The fraction of sp³-hybridized carbons (Fsp3) is 0.100. The molecule has 0 aliphatic carbocycles. The lowest BCUT2D eigenvalue weighted by Gasteiger charge is -2.09. The molecular weight excluding hydrogens is 350 g/mol. The standard InChI is InChI=1S/C20H18ClN3O2/c1-26-18-8-5-14(6-9-18)12-22-19-10-7-17(13-23-19)24-20(25)15-3-2-4-16(21)11-15/h2-11,13H,12H2,1H3,(H,22,23)(H,24,25). The van der Waals surface area contributed by atoms with Crippen LogP contribution in [0.1, 0.15) is 15.9 Å². The zero-order valence-electron chi connectivity index (χ0n) is 14.2. The van der Waals surface area contributed by atoms with Crippen molar-refractivity contribution in [3.05, 3.63) is 83.0 Å². The second-order valence-electron chi connectivity index (χ2n) is 5.60. The number of aromatic nitrogens is 1. The van der Waals surface area contributed by atoms with Gasteiger partial charge >= 0.3 is 0 Å². The number of hydrogen-bond acceptors (Lipinski definition) is 4. The Hall–Kier alpha value is -3.05. The lowest BCUT2D eigenvalue weighted by atomic mass is 10.2. The van der Waals surface area contributed by atoms with Crippen LogP contribution in [0, 0.1) is 0 Å². The maximum absolute atomic E-state index is 12.2. The second-order valence-corrected chi connectivity index (χ2v) is 6.03. The van der Waals surface area contributed by atoms with E-state index in [2.05, 4.69) is 15.6 Å². The van der Waals surface area contributed by atoms with E-state index in [1.54, 1.807) is 43.6 Å². The van der Waals surface area contributed by atoms with Gasteiger partial charge in [0.15, 0.2) is 0 Å². The number of amides is 1. The molecule has 0 fully saturated rings. The highest BCUT2D eigenvalue weighted by Gasteiger charge is 2.07. The summed E-state index contributed by atoms with van der Waals surface area (Å²) in [7, 11) is 1.64. The summed E-state index contributed by atoms with van der Waals surface area (Å²) in [6.45, 7) is 0.644. The Morgan fingerprint density at radius 3 is 2.58 bits per heavy atom. The molecule has 5 nitrogen and oxygen atoms in total. The minimum absolute atomic E-state index is 0.228. The average Bonchev–Trinajstić information content (AvgIpc) is 2.68. The minimum Gasteiger partial charge on any atom is -0.497 e. The molecule has 0 saturated carbocycles. The van der Waals surface area contributed by atoms with E-state index in [0.29, 0.717) is 22.8 Å². The van der Waals surface area contributed by atoms with Crippen molar-refractivity contribution in [2.75, 3.05) is 17.7 Å². The van der Waals surface area contributed by atoms with Crippen molar-refractivity contribution in [1.82, 2.24) is 4.98 Å². The molecule has 0 aliphatic heterocycles. The molecule has 0 unspecified atom stereocenters. The molecule has 1 heterocycles. The van der Waals surface area contributed by atoms with Crippen LogP contribution in [-0.2, 0) is 6.54 Å². The van der Waals surface area contributed by atoms with Crippen molar-refractivity contribution < 1.29 is 9.53 Å². The second kappa shape index (κ2) is 8.36. The number of hydrogen-bond donors (Lipinski definition) is 2. The van der Waals surface area contributed by atoms with Gasteiger partial charge in [-0.25, -0.2) is 4.98 Å². The largest absolute Gasteiger partial charge is 0.497 e. The van der Waals surface area contributed by atoms with Crippen LogP contribution in [0.25, 0.3) is 0 Å². The number of anilines is 2. The van der Waals surface area contributed by atoms with E-state index >= 15 is 0 Å². The number of carbonyl (C=O) groups is 1. The third-order valence-electron chi connectivity index (χ3n) is 3.74. The number of pyridine rings is 1. The highest BCUT2D eigenvalue weighted by Crippen LogP contribution is 2.16. The lowest BCUT2D eigenvalue weighted by molar-refractivity contribution is 0.102. The summed E-state index contributed by atoms with van der Waals surface area (Å²) in [4.78, 5) is 16.5. The SMILES string of the molecule is COc1ccc(CNc2ccc(NC(=O)c3cccc(Cl)c3)cn2)cc1. The summed E-state index contributed by atoms with van der Waals surface area (Å²) < 4.78 is 5.14. The summed E-state index contributed by atoms with van der Waals surface area (Å²) in [6, 6.07) is 18.2. The fourth-order valence-electron chi connectivity index (χ4n) is 2.34. The van der Waals surface area contributed by atoms with Crippen LogP contribution >= 0.6 is 11.6 Å². The molecule has 1 amide bonds. The Labute approximate surface area is 157 Å². The number of carbonyl (C=O) groups excluding carboxylic acids is 1. The monoisotopic (exact) mass is 367 g/mol. The summed E-state index contributed by atoms with van der Waals surface area (Å²) in [6.07, 6.45) is 1.61. The Bertz CT molecular complexity index is 880. The van der Waals surface area contributed by atoms with Gasteiger partial charge in [0.25, 0.3) is 5.91 Å². The molecule has 2 N–H and O–H groups in total. The third kappa shape index (κ3) is 4.74. The van der Waals surface area contributed by atoms with E-state index in [9.17, 15) is 4.79 Å². The van der Waals surface area contributed by atoms with Gasteiger partial charge in [0, 0.05) is 17.1 Å². The summed E-state index contributed by atoms with van der Waals surface area (Å²) >= 11 is 5.91. The average molecular weight is 368 g/mol. The van der Waals surface area contributed by atoms with Gasteiger partial charge < -0.3 is 15.4 Å². The van der Waals surface area contributed by atoms with E-state index in [1.165, 1.54) is 0 Å². The van der Waals surface area contributed by atoms with E-state index in [4.69, 9.17) is 16.3 Å². The molecule has 0 spiro atoms. The molecule has 3 aromatic rings. The van der Waals surface area contributed by atoms with Crippen molar-refractivity contribution >= 4 is 29.0 Å². The first kappa shape index (κ1) is 17.8. The normalized spacial score (nSPS) is 10.2. The molecule has 0 radical (unpaired) electrons.